The summed E-state index contributed by atoms with van der Waals surface area (Å²) in [6, 6.07) is 0. The molecule has 0 amide bonds. The quantitative estimate of drug-likeness (QED) is 0.637. The van der Waals surface area contributed by atoms with Crippen molar-refractivity contribution in [1.82, 2.24) is 0 Å². The van der Waals surface area contributed by atoms with Gasteiger partial charge in [0.25, 0.3) is 0 Å². The first-order valence-electron chi connectivity index (χ1n) is 5.10. The van der Waals surface area contributed by atoms with Gasteiger partial charge in [0.2, 0.25) is 0 Å². The third-order valence-electron chi connectivity index (χ3n) is 2.63. The van der Waals surface area contributed by atoms with E-state index in [0.29, 0.717) is 12.3 Å². The molecule has 0 rings (SSSR count). The minimum atomic E-state index is -0.524. The fourth-order valence-corrected chi connectivity index (χ4v) is 1.60. The van der Waals surface area contributed by atoms with E-state index in [0.717, 1.165) is 12.8 Å². The second-order valence-corrected chi connectivity index (χ2v) is 3.93. The largest absolute Gasteiger partial charge is 0.370 e. The molecule has 0 heterocycles. The Balaban J connectivity index is 4.44. The minimum absolute atomic E-state index is 0.245. The molecule has 2 heteroatoms. The van der Waals surface area contributed by atoms with Crippen LogP contribution in [0.15, 0.2) is 0 Å². The van der Waals surface area contributed by atoms with Crippen LogP contribution in [0.5, 0.6) is 0 Å². The Morgan fingerprint density at radius 2 is 1.77 bits per heavy atom. The number of rotatable bonds is 6. The Hall–Kier alpha value is -0.370. The van der Waals surface area contributed by atoms with Crippen molar-refractivity contribution in [3.8, 4) is 0 Å². The van der Waals surface area contributed by atoms with Crippen LogP contribution in [-0.2, 0) is 9.53 Å². The van der Waals surface area contributed by atoms with Crippen LogP contribution >= 0.6 is 0 Å². The molecule has 0 aliphatic heterocycles. The van der Waals surface area contributed by atoms with Gasteiger partial charge in [0.15, 0.2) is 5.78 Å². The summed E-state index contributed by atoms with van der Waals surface area (Å²) in [5, 5.41) is 0. The Morgan fingerprint density at radius 3 is 2.00 bits per heavy atom. The van der Waals surface area contributed by atoms with Crippen molar-refractivity contribution in [3.63, 3.8) is 0 Å². The van der Waals surface area contributed by atoms with Crippen molar-refractivity contribution in [2.45, 2.75) is 52.6 Å². The molecule has 0 N–H and O–H groups in total. The monoisotopic (exact) mass is 186 g/mol. The van der Waals surface area contributed by atoms with Crippen LogP contribution in [0.25, 0.3) is 0 Å². The Morgan fingerprint density at radius 1 is 1.31 bits per heavy atom. The van der Waals surface area contributed by atoms with E-state index in [1.165, 1.54) is 0 Å². The average Bonchev–Trinajstić information content (AvgIpc) is 2.07. The van der Waals surface area contributed by atoms with Gasteiger partial charge in [-0.05, 0) is 18.8 Å². The first-order valence-corrected chi connectivity index (χ1v) is 5.10. The Labute approximate surface area is 81.7 Å². The maximum absolute atomic E-state index is 11.8. The molecule has 0 aliphatic rings. The first-order chi connectivity index (χ1) is 6.02. The van der Waals surface area contributed by atoms with Crippen LogP contribution in [-0.4, -0.2) is 18.5 Å². The zero-order chi connectivity index (χ0) is 10.5. The highest BCUT2D eigenvalue weighted by Crippen LogP contribution is 2.23. The standard InChI is InChI=1S/C11H22O2/c1-6-11(7-2,13-5)10(12)8-9(3)4/h9H,6-8H2,1-5H3. The van der Waals surface area contributed by atoms with Crippen molar-refractivity contribution in [2.75, 3.05) is 7.11 Å². The van der Waals surface area contributed by atoms with Gasteiger partial charge in [0, 0.05) is 13.5 Å². The molecule has 0 radical (unpaired) electrons. The van der Waals surface area contributed by atoms with Crippen molar-refractivity contribution in [1.29, 1.82) is 0 Å². The molecule has 78 valence electrons. The maximum atomic E-state index is 11.8. The van der Waals surface area contributed by atoms with Crippen LogP contribution in [0.1, 0.15) is 47.0 Å². The van der Waals surface area contributed by atoms with Gasteiger partial charge >= 0.3 is 0 Å². The van der Waals surface area contributed by atoms with Crippen LogP contribution in [0, 0.1) is 5.92 Å². The lowest BCUT2D eigenvalue weighted by atomic mass is 9.87. The number of hydrogen-bond donors (Lipinski definition) is 0. The van der Waals surface area contributed by atoms with Gasteiger partial charge in [0.1, 0.15) is 5.60 Å². The van der Waals surface area contributed by atoms with Crippen LogP contribution in [0.3, 0.4) is 0 Å². The number of carbonyl (C=O) groups is 1. The summed E-state index contributed by atoms with van der Waals surface area (Å²) in [6.45, 7) is 8.13. The van der Waals surface area contributed by atoms with Gasteiger partial charge < -0.3 is 4.74 Å². The SMILES string of the molecule is CCC(CC)(OC)C(=O)CC(C)C. The summed E-state index contributed by atoms with van der Waals surface area (Å²) in [5.74, 6) is 0.662. The molecule has 0 aliphatic carbocycles. The zero-order valence-corrected chi connectivity index (χ0v) is 9.52. The molecule has 0 spiro atoms. The summed E-state index contributed by atoms with van der Waals surface area (Å²) in [7, 11) is 1.63. The highest BCUT2D eigenvalue weighted by atomic mass is 16.5. The molecule has 0 aromatic heterocycles. The highest BCUT2D eigenvalue weighted by molar-refractivity contribution is 5.87. The van der Waals surface area contributed by atoms with Crippen molar-refractivity contribution < 1.29 is 9.53 Å². The van der Waals surface area contributed by atoms with E-state index in [1.54, 1.807) is 7.11 Å². The number of Topliss-reactive ketones (excluding diaryl/α,β-unsaturated/α-hetero) is 1. The van der Waals surface area contributed by atoms with E-state index in [-0.39, 0.29) is 5.78 Å². The summed E-state index contributed by atoms with van der Waals surface area (Å²) >= 11 is 0. The fourth-order valence-electron chi connectivity index (χ4n) is 1.60. The second-order valence-electron chi connectivity index (χ2n) is 3.93. The molecule has 0 bridgehead atoms. The molecule has 0 unspecified atom stereocenters. The second kappa shape index (κ2) is 5.38. The molecule has 0 aromatic carbocycles. The predicted molar refractivity (Wildman–Crippen MR) is 54.8 cm³/mol. The van der Waals surface area contributed by atoms with Crippen LogP contribution in [0.2, 0.25) is 0 Å². The van der Waals surface area contributed by atoms with Gasteiger partial charge in [-0.1, -0.05) is 27.7 Å². The number of hydrogen-bond acceptors (Lipinski definition) is 2. The topological polar surface area (TPSA) is 26.3 Å². The number of methoxy groups -OCH3 is 1. The lowest BCUT2D eigenvalue weighted by Gasteiger charge is -2.29. The number of ether oxygens (including phenoxy) is 1. The van der Waals surface area contributed by atoms with E-state index in [4.69, 9.17) is 4.74 Å². The lowest BCUT2D eigenvalue weighted by molar-refractivity contribution is -0.142. The number of carbonyl (C=O) groups excluding carboxylic acids is 1. The highest BCUT2D eigenvalue weighted by Gasteiger charge is 2.34. The van der Waals surface area contributed by atoms with Crippen LogP contribution < -0.4 is 0 Å². The van der Waals surface area contributed by atoms with Gasteiger partial charge in [0.05, 0.1) is 0 Å². The molecule has 0 atom stereocenters. The van der Waals surface area contributed by atoms with E-state index < -0.39 is 5.60 Å². The fraction of sp³-hybridized carbons (Fsp3) is 0.909. The third-order valence-corrected chi connectivity index (χ3v) is 2.63. The van der Waals surface area contributed by atoms with E-state index in [1.807, 2.05) is 13.8 Å². The van der Waals surface area contributed by atoms with E-state index in [9.17, 15) is 4.79 Å². The van der Waals surface area contributed by atoms with Crippen molar-refractivity contribution in [3.05, 3.63) is 0 Å². The summed E-state index contributed by atoms with van der Waals surface area (Å²) in [4.78, 5) is 11.8. The molecule has 2 nitrogen and oxygen atoms in total. The van der Waals surface area contributed by atoms with Crippen LogP contribution in [0.4, 0.5) is 0 Å². The predicted octanol–water partition coefficient (Wildman–Crippen LogP) is 2.81. The molecular formula is C11H22O2. The Kier molecular flexibility index (Phi) is 5.23. The third kappa shape index (κ3) is 3.11. The lowest BCUT2D eigenvalue weighted by Crippen LogP contribution is -2.40. The first kappa shape index (κ1) is 12.6. The maximum Gasteiger partial charge on any atom is 0.164 e. The average molecular weight is 186 g/mol. The van der Waals surface area contributed by atoms with Gasteiger partial charge in [-0.2, -0.15) is 0 Å². The van der Waals surface area contributed by atoms with Crippen molar-refractivity contribution in [2.24, 2.45) is 5.92 Å². The summed E-state index contributed by atoms with van der Waals surface area (Å²) in [5.41, 5.74) is -0.524. The van der Waals surface area contributed by atoms with Gasteiger partial charge in [-0.25, -0.2) is 0 Å². The zero-order valence-electron chi connectivity index (χ0n) is 9.52. The molecular weight excluding hydrogens is 164 g/mol. The minimum Gasteiger partial charge on any atom is -0.370 e. The van der Waals surface area contributed by atoms with E-state index >= 15 is 0 Å². The molecule has 0 saturated carbocycles. The van der Waals surface area contributed by atoms with Gasteiger partial charge in [-0.3, -0.25) is 4.79 Å². The smallest absolute Gasteiger partial charge is 0.164 e. The molecule has 0 fully saturated rings. The Bertz CT molecular complexity index is 149. The molecule has 13 heavy (non-hydrogen) atoms. The number of ketones is 1. The van der Waals surface area contributed by atoms with Crippen molar-refractivity contribution >= 4 is 5.78 Å². The summed E-state index contributed by atoms with van der Waals surface area (Å²) in [6.07, 6.45) is 2.16. The molecule has 0 saturated heterocycles. The summed E-state index contributed by atoms with van der Waals surface area (Å²) < 4.78 is 5.35. The molecule has 0 aromatic rings. The van der Waals surface area contributed by atoms with E-state index in [2.05, 4.69) is 13.8 Å². The normalized spacial score (nSPS) is 12.2. The van der Waals surface area contributed by atoms with Gasteiger partial charge in [-0.15, -0.1) is 0 Å².